The summed E-state index contributed by atoms with van der Waals surface area (Å²) in [6.07, 6.45) is 0. The van der Waals surface area contributed by atoms with Gasteiger partial charge in [-0.25, -0.2) is 0 Å². The van der Waals surface area contributed by atoms with E-state index in [0.717, 1.165) is 5.69 Å². The summed E-state index contributed by atoms with van der Waals surface area (Å²) in [5.41, 5.74) is 0.434. The fourth-order valence-electron chi connectivity index (χ4n) is 2.22. The van der Waals surface area contributed by atoms with Crippen LogP contribution in [0.1, 0.15) is 31.1 Å². The summed E-state index contributed by atoms with van der Waals surface area (Å²) >= 11 is 0. The van der Waals surface area contributed by atoms with Crippen LogP contribution in [0.25, 0.3) is 0 Å². The molecule has 0 aliphatic carbocycles. The Morgan fingerprint density at radius 3 is 2.52 bits per heavy atom. The molecule has 1 atom stereocenters. The van der Waals surface area contributed by atoms with E-state index in [1.165, 1.54) is 0 Å². The van der Waals surface area contributed by atoms with Crippen LogP contribution < -0.4 is 10.6 Å². The number of benzene rings is 1. The van der Waals surface area contributed by atoms with E-state index in [0.29, 0.717) is 12.1 Å². The first-order chi connectivity index (χ1) is 9.71. The maximum Gasteiger partial charge on any atom is 0.253 e. The second kappa shape index (κ2) is 7.43. The van der Waals surface area contributed by atoms with E-state index in [2.05, 4.69) is 10.6 Å². The summed E-state index contributed by atoms with van der Waals surface area (Å²) in [7, 11) is 3.77. The number of likely N-dealkylation sites (N-methyl/N-ethyl adjacent to an activating group) is 1. The molecule has 1 aromatic rings. The van der Waals surface area contributed by atoms with Crippen molar-refractivity contribution >= 4 is 11.6 Å². The predicted octanol–water partition coefficient (Wildman–Crippen LogP) is 1.55. The molecule has 21 heavy (non-hydrogen) atoms. The Bertz CT molecular complexity index is 470. The van der Waals surface area contributed by atoms with Crippen molar-refractivity contribution in [1.82, 2.24) is 10.2 Å². The van der Waals surface area contributed by atoms with Crippen molar-refractivity contribution < 1.29 is 9.90 Å². The lowest BCUT2D eigenvalue weighted by atomic mass is 10.1. The van der Waals surface area contributed by atoms with Crippen LogP contribution in [0.3, 0.4) is 0 Å². The number of anilines is 1. The number of hydrogen-bond acceptors (Lipinski definition) is 4. The Hall–Kier alpha value is -1.59. The van der Waals surface area contributed by atoms with Gasteiger partial charge in [-0.15, -0.1) is 0 Å². The van der Waals surface area contributed by atoms with Gasteiger partial charge in [-0.2, -0.15) is 0 Å². The zero-order chi connectivity index (χ0) is 16.0. The van der Waals surface area contributed by atoms with Gasteiger partial charge in [0.2, 0.25) is 0 Å². The van der Waals surface area contributed by atoms with E-state index in [1.807, 2.05) is 51.0 Å². The molecular formula is C16H27N3O2. The van der Waals surface area contributed by atoms with Crippen molar-refractivity contribution in [3.05, 3.63) is 29.8 Å². The average Bonchev–Trinajstić information content (AvgIpc) is 2.34. The van der Waals surface area contributed by atoms with Gasteiger partial charge in [0.15, 0.2) is 0 Å². The van der Waals surface area contributed by atoms with Crippen molar-refractivity contribution in [3.8, 4) is 0 Å². The van der Waals surface area contributed by atoms with Gasteiger partial charge in [0.1, 0.15) is 0 Å². The van der Waals surface area contributed by atoms with Crippen LogP contribution in [0.15, 0.2) is 24.3 Å². The first-order valence-electron chi connectivity index (χ1n) is 7.22. The highest BCUT2D eigenvalue weighted by Crippen LogP contribution is 2.16. The summed E-state index contributed by atoms with van der Waals surface area (Å²) < 4.78 is 0. The first-order valence-corrected chi connectivity index (χ1v) is 7.22. The molecule has 3 N–H and O–H groups in total. The number of nitrogens with zero attached hydrogens (tertiary/aromatic N) is 1. The Morgan fingerprint density at radius 2 is 1.95 bits per heavy atom. The second-order valence-corrected chi connectivity index (χ2v) is 6.26. The van der Waals surface area contributed by atoms with Crippen molar-refractivity contribution in [1.29, 1.82) is 0 Å². The Morgan fingerprint density at radius 1 is 1.33 bits per heavy atom. The van der Waals surface area contributed by atoms with E-state index >= 15 is 0 Å². The Kier molecular flexibility index (Phi) is 6.18. The summed E-state index contributed by atoms with van der Waals surface area (Å²) in [5.74, 6) is -0.183. The van der Waals surface area contributed by atoms with Crippen LogP contribution in [0.4, 0.5) is 5.69 Å². The zero-order valence-electron chi connectivity index (χ0n) is 13.6. The molecule has 0 saturated heterocycles. The fourth-order valence-corrected chi connectivity index (χ4v) is 2.22. The molecule has 0 saturated carbocycles. The lowest BCUT2D eigenvalue weighted by Crippen LogP contribution is -2.47. The van der Waals surface area contributed by atoms with Crippen molar-refractivity contribution in [2.45, 2.75) is 32.4 Å². The monoisotopic (exact) mass is 293 g/mol. The third-order valence-electron chi connectivity index (χ3n) is 2.90. The molecular weight excluding hydrogens is 266 g/mol. The van der Waals surface area contributed by atoms with Gasteiger partial charge < -0.3 is 20.6 Å². The third kappa shape index (κ3) is 6.14. The van der Waals surface area contributed by atoms with Crippen LogP contribution in [-0.4, -0.2) is 54.7 Å². The minimum absolute atomic E-state index is 0.183. The van der Waals surface area contributed by atoms with Crippen molar-refractivity contribution in [2.24, 2.45) is 0 Å². The molecule has 1 amide bonds. The summed E-state index contributed by atoms with van der Waals surface area (Å²) in [4.78, 5) is 14.2. The number of aliphatic hydroxyl groups is 1. The van der Waals surface area contributed by atoms with E-state index in [1.54, 1.807) is 13.0 Å². The normalized spacial score (nSPS) is 14.1. The standard InChI is InChI=1S/C16H27N3O2/c1-12(2)18-14-9-7-6-8-13(14)15(20)17-10-16(3,21)11-19(4)5/h6-9,12,18,21H,10-11H2,1-5H3,(H,17,20). The second-order valence-electron chi connectivity index (χ2n) is 6.26. The van der Waals surface area contributed by atoms with Crippen LogP contribution in [-0.2, 0) is 0 Å². The molecule has 0 spiro atoms. The van der Waals surface area contributed by atoms with Crippen LogP contribution >= 0.6 is 0 Å². The molecule has 118 valence electrons. The highest BCUT2D eigenvalue weighted by Gasteiger charge is 2.23. The highest BCUT2D eigenvalue weighted by molar-refractivity contribution is 5.99. The predicted molar refractivity (Wildman–Crippen MR) is 86.7 cm³/mol. The minimum Gasteiger partial charge on any atom is -0.387 e. The molecule has 1 rings (SSSR count). The minimum atomic E-state index is -0.959. The van der Waals surface area contributed by atoms with Crippen LogP contribution in [0, 0.1) is 0 Å². The molecule has 0 heterocycles. The van der Waals surface area contributed by atoms with E-state index in [4.69, 9.17) is 0 Å². The highest BCUT2D eigenvalue weighted by atomic mass is 16.3. The molecule has 0 aliphatic rings. The molecule has 0 fully saturated rings. The first kappa shape index (κ1) is 17.5. The average molecular weight is 293 g/mol. The van der Waals surface area contributed by atoms with Gasteiger partial charge in [0, 0.05) is 24.8 Å². The molecule has 1 aromatic carbocycles. The number of carbonyl (C=O) groups is 1. The van der Waals surface area contributed by atoms with Gasteiger partial charge in [-0.3, -0.25) is 4.79 Å². The zero-order valence-corrected chi connectivity index (χ0v) is 13.6. The molecule has 0 radical (unpaired) electrons. The number of rotatable bonds is 7. The Labute approximate surface area is 127 Å². The fraction of sp³-hybridized carbons (Fsp3) is 0.562. The molecule has 0 aromatic heterocycles. The molecule has 5 nitrogen and oxygen atoms in total. The number of carbonyl (C=O) groups excluding carboxylic acids is 1. The molecule has 0 aliphatic heterocycles. The largest absolute Gasteiger partial charge is 0.387 e. The van der Waals surface area contributed by atoms with Gasteiger partial charge >= 0.3 is 0 Å². The number of nitrogens with one attached hydrogen (secondary N) is 2. The molecule has 5 heteroatoms. The van der Waals surface area contributed by atoms with Gasteiger partial charge in [-0.05, 0) is 47.0 Å². The quantitative estimate of drug-likeness (QED) is 0.714. The van der Waals surface area contributed by atoms with E-state index in [9.17, 15) is 9.90 Å². The SMILES string of the molecule is CC(C)Nc1ccccc1C(=O)NCC(C)(O)CN(C)C. The van der Waals surface area contributed by atoms with Gasteiger partial charge in [0.25, 0.3) is 5.91 Å². The Balaban J connectivity index is 2.72. The smallest absolute Gasteiger partial charge is 0.253 e. The van der Waals surface area contributed by atoms with E-state index < -0.39 is 5.60 Å². The number of hydrogen-bond donors (Lipinski definition) is 3. The molecule has 0 bridgehead atoms. The van der Waals surface area contributed by atoms with Crippen molar-refractivity contribution in [2.75, 3.05) is 32.5 Å². The third-order valence-corrected chi connectivity index (χ3v) is 2.90. The summed E-state index contributed by atoms with van der Waals surface area (Å²) in [6, 6.07) is 7.63. The maximum atomic E-state index is 12.3. The lowest BCUT2D eigenvalue weighted by molar-refractivity contribution is 0.0326. The van der Waals surface area contributed by atoms with Crippen LogP contribution in [0.2, 0.25) is 0 Å². The lowest BCUT2D eigenvalue weighted by Gasteiger charge is -2.27. The van der Waals surface area contributed by atoms with Crippen molar-refractivity contribution in [3.63, 3.8) is 0 Å². The maximum absolute atomic E-state index is 12.3. The number of para-hydroxylation sites is 1. The van der Waals surface area contributed by atoms with Crippen LogP contribution in [0.5, 0.6) is 0 Å². The number of amides is 1. The topological polar surface area (TPSA) is 64.6 Å². The van der Waals surface area contributed by atoms with E-state index in [-0.39, 0.29) is 18.5 Å². The van der Waals surface area contributed by atoms with Gasteiger partial charge in [-0.1, -0.05) is 12.1 Å². The van der Waals surface area contributed by atoms with Gasteiger partial charge in [0.05, 0.1) is 11.2 Å². The summed E-state index contributed by atoms with van der Waals surface area (Å²) in [6.45, 7) is 6.46. The molecule has 1 unspecified atom stereocenters. The summed E-state index contributed by atoms with van der Waals surface area (Å²) in [5, 5.41) is 16.3.